The number of nitrogens with zero attached hydrogens (tertiary/aromatic N) is 1. The zero-order valence-corrected chi connectivity index (χ0v) is 16.6. The van der Waals surface area contributed by atoms with Crippen LogP contribution in [0.15, 0.2) is 36.4 Å². The Hall–Kier alpha value is -2.12. The fourth-order valence-corrected chi connectivity index (χ4v) is 3.99. The molecule has 1 fully saturated rings. The van der Waals surface area contributed by atoms with Gasteiger partial charge in [-0.1, -0.05) is 57.2 Å². The van der Waals surface area contributed by atoms with Crippen LogP contribution in [0.5, 0.6) is 0 Å². The predicted molar refractivity (Wildman–Crippen MR) is 106 cm³/mol. The molecule has 0 amide bonds. The quantitative estimate of drug-likeness (QED) is 0.535. The maximum atomic E-state index is 10.6. The van der Waals surface area contributed by atoms with Crippen molar-refractivity contribution in [3.63, 3.8) is 0 Å². The van der Waals surface area contributed by atoms with Crippen molar-refractivity contribution in [2.24, 2.45) is 11.8 Å². The summed E-state index contributed by atoms with van der Waals surface area (Å²) in [5.74, 6) is -0.880. The van der Waals surface area contributed by atoms with Crippen molar-refractivity contribution in [2.45, 2.75) is 70.3 Å². The minimum Gasteiger partial charge on any atom is -0.481 e. The molecule has 2 unspecified atom stereocenters. The summed E-state index contributed by atoms with van der Waals surface area (Å²) in [6, 6.07) is 10.8. The lowest BCUT2D eigenvalue weighted by molar-refractivity contribution is -0.137. The Kier molecular flexibility index (Phi) is 7.21. The normalized spacial score (nSPS) is 25.6. The van der Waals surface area contributed by atoms with Crippen LogP contribution in [-0.2, 0) is 10.2 Å². The molecule has 1 aromatic carbocycles. The maximum absolute atomic E-state index is 10.6. The highest BCUT2D eigenvalue weighted by molar-refractivity contribution is 5.66. The highest BCUT2D eigenvalue weighted by atomic mass is 16.4. The summed E-state index contributed by atoms with van der Waals surface area (Å²) in [5.41, 5.74) is 2.43. The van der Waals surface area contributed by atoms with Gasteiger partial charge in [0.15, 0.2) is 0 Å². The lowest BCUT2D eigenvalue weighted by Gasteiger charge is -2.25. The molecule has 4 heteroatoms. The molecule has 0 saturated heterocycles. The Morgan fingerprint density at radius 1 is 1.26 bits per heavy atom. The van der Waals surface area contributed by atoms with E-state index in [1.165, 1.54) is 5.56 Å². The molecule has 0 heterocycles. The van der Waals surface area contributed by atoms with Crippen molar-refractivity contribution in [1.82, 2.24) is 0 Å². The molecule has 1 aliphatic rings. The summed E-state index contributed by atoms with van der Waals surface area (Å²) >= 11 is 0. The number of benzene rings is 1. The summed E-state index contributed by atoms with van der Waals surface area (Å²) in [5, 5.41) is 28.8. The van der Waals surface area contributed by atoms with E-state index in [9.17, 15) is 15.2 Å². The van der Waals surface area contributed by atoms with Crippen molar-refractivity contribution >= 4 is 5.97 Å². The summed E-state index contributed by atoms with van der Waals surface area (Å²) in [7, 11) is 0. The van der Waals surface area contributed by atoms with Gasteiger partial charge in [-0.25, -0.2) is 0 Å². The first-order valence-electron chi connectivity index (χ1n) is 9.79. The van der Waals surface area contributed by atoms with E-state index in [2.05, 4.69) is 51.1 Å². The van der Waals surface area contributed by atoms with Gasteiger partial charge >= 0.3 is 5.97 Å². The van der Waals surface area contributed by atoms with Crippen LogP contribution >= 0.6 is 0 Å². The Labute approximate surface area is 162 Å². The average Bonchev–Trinajstić information content (AvgIpc) is 2.92. The Bertz CT molecular complexity index is 694. The molecule has 146 valence electrons. The van der Waals surface area contributed by atoms with Crippen LogP contribution in [0.25, 0.3) is 0 Å². The van der Waals surface area contributed by atoms with Gasteiger partial charge < -0.3 is 10.2 Å². The molecule has 4 atom stereocenters. The zero-order valence-electron chi connectivity index (χ0n) is 16.6. The molecule has 0 bridgehead atoms. The SMILES string of the molecule is CC(C)(C)c1ccc(C2C(C/C=C\CCCC(=O)O)[C@H](C#N)C[C@H]2O)cc1. The topological polar surface area (TPSA) is 81.3 Å². The van der Waals surface area contributed by atoms with E-state index in [0.29, 0.717) is 12.8 Å². The molecule has 1 aromatic rings. The van der Waals surface area contributed by atoms with Crippen molar-refractivity contribution in [3.05, 3.63) is 47.5 Å². The minimum atomic E-state index is -0.773. The van der Waals surface area contributed by atoms with Gasteiger partial charge in [0.1, 0.15) is 0 Å². The molecule has 0 spiro atoms. The molecular weight excluding hydrogens is 338 g/mol. The number of hydrogen-bond donors (Lipinski definition) is 2. The zero-order chi connectivity index (χ0) is 20.0. The first kappa shape index (κ1) is 21.2. The number of nitriles is 1. The van der Waals surface area contributed by atoms with Crippen molar-refractivity contribution in [3.8, 4) is 6.07 Å². The van der Waals surface area contributed by atoms with Crippen LogP contribution < -0.4 is 0 Å². The highest BCUT2D eigenvalue weighted by Crippen LogP contribution is 2.45. The van der Waals surface area contributed by atoms with Crippen LogP contribution in [0.2, 0.25) is 0 Å². The smallest absolute Gasteiger partial charge is 0.303 e. The third-order valence-corrected chi connectivity index (χ3v) is 5.55. The fourth-order valence-electron chi connectivity index (χ4n) is 3.99. The average molecular weight is 370 g/mol. The number of rotatable bonds is 7. The van der Waals surface area contributed by atoms with Crippen LogP contribution in [0.4, 0.5) is 0 Å². The van der Waals surface area contributed by atoms with Crippen molar-refractivity contribution in [2.75, 3.05) is 0 Å². The van der Waals surface area contributed by atoms with Crippen molar-refractivity contribution in [1.29, 1.82) is 5.26 Å². The monoisotopic (exact) mass is 369 g/mol. The number of carbonyl (C=O) groups is 1. The lowest BCUT2D eigenvalue weighted by Crippen LogP contribution is -2.18. The van der Waals surface area contributed by atoms with Crippen LogP contribution in [0.3, 0.4) is 0 Å². The van der Waals surface area contributed by atoms with Gasteiger partial charge in [-0.3, -0.25) is 4.79 Å². The molecule has 27 heavy (non-hydrogen) atoms. The second kappa shape index (κ2) is 9.19. The minimum absolute atomic E-state index is 0.0349. The number of aliphatic carboxylic acids is 1. The first-order valence-corrected chi connectivity index (χ1v) is 9.79. The maximum Gasteiger partial charge on any atom is 0.303 e. The van der Waals surface area contributed by atoms with E-state index in [4.69, 9.17) is 5.11 Å². The largest absolute Gasteiger partial charge is 0.481 e. The molecule has 4 nitrogen and oxygen atoms in total. The van der Waals surface area contributed by atoms with E-state index in [0.717, 1.165) is 18.4 Å². The molecule has 0 radical (unpaired) electrons. The van der Waals surface area contributed by atoms with E-state index >= 15 is 0 Å². The summed E-state index contributed by atoms with van der Waals surface area (Å²) < 4.78 is 0. The molecule has 0 aromatic heterocycles. The molecule has 2 N–H and O–H groups in total. The Balaban J connectivity index is 2.09. The molecule has 1 saturated carbocycles. The fraction of sp³-hybridized carbons (Fsp3) is 0.565. The summed E-state index contributed by atoms with van der Waals surface area (Å²) in [4.78, 5) is 10.6. The molecular formula is C23H31NO3. The Morgan fingerprint density at radius 3 is 2.48 bits per heavy atom. The third kappa shape index (κ3) is 5.68. The number of aliphatic hydroxyl groups is 1. The number of carboxylic acids is 1. The number of carboxylic acid groups (broad SMARTS) is 1. The number of aliphatic hydroxyl groups excluding tert-OH is 1. The standard InChI is InChI=1S/C23H31NO3/c1-23(2,3)18-12-10-16(11-13-18)22-19(17(15-24)14-20(22)25)8-6-4-5-7-9-21(26)27/h4,6,10-13,17,19-20,22,25H,5,7-9,14H2,1-3H3,(H,26,27)/b6-4-/t17-,19?,20+,22?/m0/s1. The van der Waals surface area contributed by atoms with Gasteiger partial charge in [0, 0.05) is 12.3 Å². The molecule has 2 rings (SSSR count). The van der Waals surface area contributed by atoms with Gasteiger partial charge in [-0.05, 0) is 48.1 Å². The molecule has 0 aliphatic heterocycles. The van der Waals surface area contributed by atoms with Crippen LogP contribution in [0, 0.1) is 23.2 Å². The van der Waals surface area contributed by atoms with Gasteiger partial charge in [-0.15, -0.1) is 0 Å². The van der Waals surface area contributed by atoms with Gasteiger partial charge in [0.2, 0.25) is 0 Å². The number of unbranched alkanes of at least 4 members (excludes halogenated alkanes) is 1. The third-order valence-electron chi connectivity index (χ3n) is 5.55. The van der Waals surface area contributed by atoms with Gasteiger partial charge in [0.25, 0.3) is 0 Å². The highest BCUT2D eigenvalue weighted by Gasteiger charge is 2.42. The van der Waals surface area contributed by atoms with E-state index in [1.54, 1.807) is 0 Å². The van der Waals surface area contributed by atoms with E-state index in [-0.39, 0.29) is 29.6 Å². The second-order valence-electron chi connectivity index (χ2n) is 8.59. The van der Waals surface area contributed by atoms with Crippen LogP contribution in [0.1, 0.15) is 69.9 Å². The van der Waals surface area contributed by atoms with Gasteiger partial charge in [0.05, 0.1) is 18.1 Å². The first-order chi connectivity index (χ1) is 12.7. The molecule has 1 aliphatic carbocycles. The van der Waals surface area contributed by atoms with Crippen molar-refractivity contribution < 1.29 is 15.0 Å². The summed E-state index contributed by atoms with van der Waals surface area (Å²) in [6.45, 7) is 6.53. The predicted octanol–water partition coefficient (Wildman–Crippen LogP) is 4.79. The second-order valence-corrected chi connectivity index (χ2v) is 8.59. The Morgan fingerprint density at radius 2 is 1.93 bits per heavy atom. The number of hydrogen-bond acceptors (Lipinski definition) is 3. The van der Waals surface area contributed by atoms with E-state index < -0.39 is 12.1 Å². The summed E-state index contributed by atoms with van der Waals surface area (Å²) in [6.07, 6.45) is 6.32. The van der Waals surface area contributed by atoms with E-state index in [1.807, 2.05) is 12.2 Å². The number of allylic oxidation sites excluding steroid dienone is 2. The lowest BCUT2D eigenvalue weighted by atomic mass is 9.80. The van der Waals surface area contributed by atoms with Crippen LogP contribution in [-0.4, -0.2) is 22.3 Å². The van der Waals surface area contributed by atoms with Gasteiger partial charge in [-0.2, -0.15) is 5.26 Å².